The van der Waals surface area contributed by atoms with Crippen molar-refractivity contribution >= 4 is 50.9 Å². The van der Waals surface area contributed by atoms with Crippen LogP contribution in [0.2, 0.25) is 10.0 Å². The minimum absolute atomic E-state index is 0.269. The second kappa shape index (κ2) is 8.19. The molecule has 8 heteroatoms. The predicted molar refractivity (Wildman–Crippen MR) is 91.7 cm³/mol. The van der Waals surface area contributed by atoms with Crippen molar-refractivity contribution in [3.8, 4) is 5.75 Å². The maximum Gasteiger partial charge on any atom is 0.276 e. The van der Waals surface area contributed by atoms with E-state index in [1.165, 1.54) is 6.07 Å². The Morgan fingerprint density at radius 3 is 2.43 bits per heavy atom. The van der Waals surface area contributed by atoms with Crippen LogP contribution in [-0.2, 0) is 4.79 Å². The van der Waals surface area contributed by atoms with E-state index in [9.17, 15) is 9.59 Å². The van der Waals surface area contributed by atoms with Gasteiger partial charge in [-0.25, -0.2) is 0 Å². The number of amides is 2. The van der Waals surface area contributed by atoms with Crippen LogP contribution in [0.5, 0.6) is 5.75 Å². The molecular formula is C15H11BrCl2N2O3. The van der Waals surface area contributed by atoms with Crippen LogP contribution in [-0.4, -0.2) is 18.4 Å². The van der Waals surface area contributed by atoms with Gasteiger partial charge in [-0.05, 0) is 40.2 Å². The Bertz CT molecular complexity index is 703. The van der Waals surface area contributed by atoms with Crippen LogP contribution in [0.15, 0.2) is 46.9 Å². The lowest BCUT2D eigenvalue weighted by Gasteiger charge is -2.11. The molecule has 5 nitrogen and oxygen atoms in total. The number of nitrogens with one attached hydrogen (secondary N) is 2. The number of benzene rings is 2. The zero-order chi connectivity index (χ0) is 16.8. The monoisotopic (exact) mass is 416 g/mol. The topological polar surface area (TPSA) is 67.4 Å². The van der Waals surface area contributed by atoms with Crippen molar-refractivity contribution < 1.29 is 14.3 Å². The summed E-state index contributed by atoms with van der Waals surface area (Å²) in [5.41, 5.74) is 4.97. The number of hydrogen-bond acceptors (Lipinski definition) is 3. The molecule has 0 atom stereocenters. The van der Waals surface area contributed by atoms with E-state index in [0.717, 1.165) is 0 Å². The molecule has 120 valence electrons. The number of carbonyl (C=O) groups is 2. The fourth-order valence-corrected chi connectivity index (χ4v) is 3.00. The van der Waals surface area contributed by atoms with Crippen LogP contribution in [0.4, 0.5) is 0 Å². The molecule has 0 radical (unpaired) electrons. The lowest BCUT2D eigenvalue weighted by Crippen LogP contribution is -2.43. The normalized spacial score (nSPS) is 10.0. The maximum absolute atomic E-state index is 11.8. The van der Waals surface area contributed by atoms with Crippen molar-refractivity contribution in [3.63, 3.8) is 0 Å². The Balaban J connectivity index is 1.85. The summed E-state index contributed by atoms with van der Waals surface area (Å²) in [6, 6.07) is 11.6. The summed E-state index contributed by atoms with van der Waals surface area (Å²) in [7, 11) is 0. The average molecular weight is 418 g/mol. The van der Waals surface area contributed by atoms with Gasteiger partial charge in [0.25, 0.3) is 11.8 Å². The molecule has 2 aromatic carbocycles. The predicted octanol–water partition coefficient (Wildman–Crippen LogP) is 3.60. The molecular weight excluding hydrogens is 407 g/mol. The van der Waals surface area contributed by atoms with E-state index in [1.54, 1.807) is 36.4 Å². The first-order chi connectivity index (χ1) is 11.0. The van der Waals surface area contributed by atoms with Crippen molar-refractivity contribution in [3.05, 3.63) is 62.5 Å². The van der Waals surface area contributed by atoms with E-state index in [0.29, 0.717) is 20.8 Å². The quantitative estimate of drug-likeness (QED) is 0.747. The largest absolute Gasteiger partial charge is 0.481 e. The Labute approximate surface area is 151 Å². The van der Waals surface area contributed by atoms with Crippen LogP contribution in [0.1, 0.15) is 10.4 Å². The summed E-state index contributed by atoms with van der Waals surface area (Å²) in [4.78, 5) is 23.5. The third-order valence-electron chi connectivity index (χ3n) is 2.66. The van der Waals surface area contributed by atoms with Crippen molar-refractivity contribution in [1.29, 1.82) is 0 Å². The van der Waals surface area contributed by atoms with Gasteiger partial charge in [0.2, 0.25) is 0 Å². The molecule has 2 amide bonds. The summed E-state index contributed by atoms with van der Waals surface area (Å²) >= 11 is 15.1. The van der Waals surface area contributed by atoms with E-state index in [2.05, 4.69) is 26.8 Å². The Morgan fingerprint density at radius 2 is 1.78 bits per heavy atom. The Morgan fingerprint density at radius 1 is 1.09 bits per heavy atom. The molecule has 2 rings (SSSR count). The highest BCUT2D eigenvalue weighted by molar-refractivity contribution is 9.10. The van der Waals surface area contributed by atoms with Gasteiger partial charge in [0.05, 0.1) is 9.50 Å². The van der Waals surface area contributed by atoms with Crippen molar-refractivity contribution in [2.24, 2.45) is 0 Å². The fourth-order valence-electron chi connectivity index (χ4n) is 1.63. The van der Waals surface area contributed by atoms with Crippen LogP contribution in [0.25, 0.3) is 0 Å². The van der Waals surface area contributed by atoms with Gasteiger partial charge in [-0.3, -0.25) is 20.4 Å². The molecule has 2 N–H and O–H groups in total. The minimum atomic E-state index is -0.535. The summed E-state index contributed by atoms with van der Waals surface area (Å²) in [6.07, 6.45) is 0. The molecule has 2 aromatic rings. The molecule has 0 heterocycles. The first kappa shape index (κ1) is 17.6. The third kappa shape index (κ3) is 5.13. The highest BCUT2D eigenvalue weighted by Crippen LogP contribution is 2.35. The van der Waals surface area contributed by atoms with Gasteiger partial charge in [-0.15, -0.1) is 0 Å². The minimum Gasteiger partial charge on any atom is -0.481 e. The van der Waals surface area contributed by atoms with E-state index in [-0.39, 0.29) is 11.6 Å². The Hall–Kier alpha value is -1.76. The van der Waals surface area contributed by atoms with Crippen LogP contribution in [0.3, 0.4) is 0 Å². The number of rotatable bonds is 4. The number of carbonyl (C=O) groups excluding carboxylic acids is 2. The number of halogens is 3. The van der Waals surface area contributed by atoms with Crippen molar-refractivity contribution in [2.45, 2.75) is 0 Å². The molecule has 0 fully saturated rings. The first-order valence-electron chi connectivity index (χ1n) is 6.39. The molecule has 0 aromatic heterocycles. The number of ether oxygens (including phenoxy) is 1. The smallest absolute Gasteiger partial charge is 0.276 e. The first-order valence-corrected chi connectivity index (χ1v) is 7.94. The highest BCUT2D eigenvalue weighted by atomic mass is 79.9. The number of hydrogen-bond donors (Lipinski definition) is 2. The molecule has 0 spiro atoms. The van der Waals surface area contributed by atoms with Gasteiger partial charge < -0.3 is 4.74 Å². The number of hydrazine groups is 1. The van der Waals surface area contributed by atoms with Gasteiger partial charge >= 0.3 is 0 Å². The second-order valence-corrected chi connectivity index (χ2v) is 6.05. The molecule has 23 heavy (non-hydrogen) atoms. The van der Waals surface area contributed by atoms with Crippen molar-refractivity contribution in [1.82, 2.24) is 10.9 Å². The van der Waals surface area contributed by atoms with E-state index in [1.807, 2.05) is 0 Å². The van der Waals surface area contributed by atoms with Gasteiger partial charge in [-0.2, -0.15) is 0 Å². The molecule has 0 saturated carbocycles. The zero-order valence-electron chi connectivity index (χ0n) is 11.6. The highest BCUT2D eigenvalue weighted by Gasteiger charge is 2.12. The van der Waals surface area contributed by atoms with Crippen LogP contribution >= 0.6 is 39.1 Å². The zero-order valence-corrected chi connectivity index (χ0v) is 14.7. The van der Waals surface area contributed by atoms with Gasteiger partial charge in [0.15, 0.2) is 12.4 Å². The van der Waals surface area contributed by atoms with Crippen LogP contribution < -0.4 is 15.6 Å². The van der Waals surface area contributed by atoms with Crippen LogP contribution in [0, 0.1) is 0 Å². The molecule has 0 aliphatic heterocycles. The van der Waals surface area contributed by atoms with Crippen molar-refractivity contribution in [2.75, 3.05) is 6.61 Å². The lowest BCUT2D eigenvalue weighted by atomic mass is 10.2. The SMILES string of the molecule is O=C(COc1c(Cl)cc(Cl)cc1Br)NNC(=O)c1ccccc1. The average Bonchev–Trinajstić information content (AvgIpc) is 2.52. The summed E-state index contributed by atoms with van der Waals surface area (Å²) in [6.45, 7) is -0.324. The second-order valence-electron chi connectivity index (χ2n) is 4.36. The molecule has 0 saturated heterocycles. The molecule has 0 unspecified atom stereocenters. The van der Waals surface area contributed by atoms with Gasteiger partial charge in [0.1, 0.15) is 0 Å². The standard InChI is InChI=1S/C15H11BrCl2N2O3/c16-11-6-10(17)7-12(18)14(11)23-8-13(21)19-20-15(22)9-4-2-1-3-5-9/h1-7H,8H2,(H,19,21)(H,20,22). The third-order valence-corrected chi connectivity index (χ3v) is 3.75. The molecule has 0 aliphatic rings. The Kier molecular flexibility index (Phi) is 6.27. The lowest BCUT2D eigenvalue weighted by molar-refractivity contribution is -0.123. The van der Waals surface area contributed by atoms with E-state index < -0.39 is 11.8 Å². The van der Waals surface area contributed by atoms with E-state index in [4.69, 9.17) is 27.9 Å². The maximum atomic E-state index is 11.8. The summed E-state index contributed by atoms with van der Waals surface area (Å²) < 4.78 is 5.85. The molecule has 0 bridgehead atoms. The van der Waals surface area contributed by atoms with Gasteiger partial charge in [0, 0.05) is 10.6 Å². The van der Waals surface area contributed by atoms with Gasteiger partial charge in [-0.1, -0.05) is 41.4 Å². The summed E-state index contributed by atoms with van der Waals surface area (Å²) in [5, 5.41) is 0.708. The van der Waals surface area contributed by atoms with E-state index >= 15 is 0 Å². The summed E-state index contributed by atoms with van der Waals surface area (Å²) in [5.74, 6) is -0.669. The fraction of sp³-hybridized carbons (Fsp3) is 0.0667. The molecule has 0 aliphatic carbocycles.